The fourth-order valence-corrected chi connectivity index (χ4v) is 3.21. The van der Waals surface area contributed by atoms with E-state index in [1.54, 1.807) is 0 Å². The first kappa shape index (κ1) is 14.5. The van der Waals surface area contributed by atoms with Crippen LogP contribution < -0.4 is 10.6 Å². The quantitative estimate of drug-likeness (QED) is 0.846. The molecule has 1 fully saturated rings. The van der Waals surface area contributed by atoms with Crippen molar-refractivity contribution in [2.75, 3.05) is 6.54 Å². The van der Waals surface area contributed by atoms with E-state index in [-0.39, 0.29) is 0 Å². The van der Waals surface area contributed by atoms with Crippen molar-refractivity contribution < 1.29 is 0 Å². The summed E-state index contributed by atoms with van der Waals surface area (Å²) in [4.78, 5) is 0. The SMILES string of the molecule is Cc1ccccc1C(C)NC(C)CC1CCCCN1. The van der Waals surface area contributed by atoms with Gasteiger partial charge < -0.3 is 10.6 Å². The number of piperidine rings is 1. The molecule has 1 aliphatic rings. The van der Waals surface area contributed by atoms with Crippen LogP contribution in [-0.2, 0) is 0 Å². The van der Waals surface area contributed by atoms with E-state index in [2.05, 4.69) is 55.7 Å². The number of rotatable bonds is 5. The van der Waals surface area contributed by atoms with Gasteiger partial charge in [0.05, 0.1) is 0 Å². The monoisotopic (exact) mass is 260 g/mol. The van der Waals surface area contributed by atoms with E-state index in [4.69, 9.17) is 0 Å². The lowest BCUT2D eigenvalue weighted by molar-refractivity contribution is 0.334. The summed E-state index contributed by atoms with van der Waals surface area (Å²) in [6, 6.07) is 10.4. The van der Waals surface area contributed by atoms with Gasteiger partial charge in [0.2, 0.25) is 0 Å². The molecule has 106 valence electrons. The molecule has 1 aromatic rings. The van der Waals surface area contributed by atoms with Gasteiger partial charge in [-0.1, -0.05) is 30.7 Å². The molecule has 2 N–H and O–H groups in total. The van der Waals surface area contributed by atoms with Crippen LogP contribution in [0.3, 0.4) is 0 Å². The average molecular weight is 260 g/mol. The minimum Gasteiger partial charge on any atom is -0.314 e. The molecule has 2 heteroatoms. The van der Waals surface area contributed by atoms with Crippen molar-refractivity contribution in [3.05, 3.63) is 35.4 Å². The minimum atomic E-state index is 0.430. The summed E-state index contributed by atoms with van der Waals surface area (Å²) in [7, 11) is 0. The number of aryl methyl sites for hydroxylation is 1. The molecule has 1 saturated heterocycles. The van der Waals surface area contributed by atoms with Crippen LogP contribution in [0.1, 0.15) is 56.7 Å². The molecular formula is C17H28N2. The zero-order chi connectivity index (χ0) is 13.7. The van der Waals surface area contributed by atoms with Crippen LogP contribution in [0, 0.1) is 6.92 Å². The third-order valence-electron chi connectivity index (χ3n) is 4.24. The highest BCUT2D eigenvalue weighted by molar-refractivity contribution is 5.28. The van der Waals surface area contributed by atoms with Crippen molar-refractivity contribution in [2.45, 2.75) is 64.6 Å². The fraction of sp³-hybridized carbons (Fsp3) is 0.647. The van der Waals surface area contributed by atoms with E-state index < -0.39 is 0 Å². The van der Waals surface area contributed by atoms with Crippen molar-refractivity contribution in [3.8, 4) is 0 Å². The maximum Gasteiger partial charge on any atom is 0.0296 e. The Hall–Kier alpha value is -0.860. The highest BCUT2D eigenvalue weighted by atomic mass is 15.0. The molecule has 2 nitrogen and oxygen atoms in total. The van der Waals surface area contributed by atoms with Gasteiger partial charge in [-0.15, -0.1) is 0 Å². The standard InChI is InChI=1S/C17H28N2/c1-13-8-4-5-10-17(13)15(3)19-14(2)12-16-9-6-7-11-18-16/h4-5,8,10,14-16,18-19H,6-7,9,11-12H2,1-3H3. The third kappa shape index (κ3) is 4.32. The molecule has 2 rings (SSSR count). The fourth-order valence-electron chi connectivity index (χ4n) is 3.21. The second-order valence-electron chi connectivity index (χ2n) is 6.03. The lowest BCUT2D eigenvalue weighted by Crippen LogP contribution is -2.40. The molecule has 0 spiro atoms. The molecular weight excluding hydrogens is 232 g/mol. The largest absolute Gasteiger partial charge is 0.314 e. The molecule has 0 radical (unpaired) electrons. The molecule has 0 aromatic heterocycles. The maximum absolute atomic E-state index is 3.74. The van der Waals surface area contributed by atoms with Gasteiger partial charge >= 0.3 is 0 Å². The molecule has 19 heavy (non-hydrogen) atoms. The van der Waals surface area contributed by atoms with Crippen LogP contribution in [0.4, 0.5) is 0 Å². The van der Waals surface area contributed by atoms with Crippen LogP contribution in [0.5, 0.6) is 0 Å². The summed E-state index contributed by atoms with van der Waals surface area (Å²) in [6.45, 7) is 7.98. The van der Waals surface area contributed by atoms with Crippen LogP contribution in [0.2, 0.25) is 0 Å². The van der Waals surface area contributed by atoms with E-state index in [1.165, 1.54) is 43.4 Å². The highest BCUT2D eigenvalue weighted by Crippen LogP contribution is 2.19. The normalized spacial score (nSPS) is 23.0. The topological polar surface area (TPSA) is 24.1 Å². The van der Waals surface area contributed by atoms with Crippen LogP contribution in [0.25, 0.3) is 0 Å². The average Bonchev–Trinajstić information content (AvgIpc) is 2.40. The van der Waals surface area contributed by atoms with Crippen LogP contribution in [-0.4, -0.2) is 18.6 Å². The number of hydrogen-bond donors (Lipinski definition) is 2. The zero-order valence-electron chi connectivity index (χ0n) is 12.6. The Bertz CT molecular complexity index is 383. The van der Waals surface area contributed by atoms with Crippen LogP contribution >= 0.6 is 0 Å². The van der Waals surface area contributed by atoms with Gasteiger partial charge in [0.15, 0.2) is 0 Å². The molecule has 1 aliphatic heterocycles. The second-order valence-corrected chi connectivity index (χ2v) is 6.03. The van der Waals surface area contributed by atoms with Crippen molar-refractivity contribution in [1.82, 2.24) is 10.6 Å². The number of nitrogens with one attached hydrogen (secondary N) is 2. The second kappa shape index (κ2) is 7.06. The van der Waals surface area contributed by atoms with E-state index in [0.29, 0.717) is 18.1 Å². The highest BCUT2D eigenvalue weighted by Gasteiger charge is 2.17. The first-order valence-electron chi connectivity index (χ1n) is 7.72. The lowest BCUT2D eigenvalue weighted by Gasteiger charge is -2.28. The summed E-state index contributed by atoms with van der Waals surface area (Å²) in [6.07, 6.45) is 5.30. The molecule has 1 heterocycles. The molecule has 1 aromatic carbocycles. The number of benzene rings is 1. The summed E-state index contributed by atoms with van der Waals surface area (Å²) < 4.78 is 0. The Balaban J connectivity index is 1.84. The first-order valence-corrected chi connectivity index (χ1v) is 7.72. The van der Waals surface area contributed by atoms with Gasteiger partial charge in [-0.3, -0.25) is 0 Å². The summed E-state index contributed by atoms with van der Waals surface area (Å²) in [5.74, 6) is 0. The summed E-state index contributed by atoms with van der Waals surface area (Å²) in [5.41, 5.74) is 2.80. The predicted octanol–water partition coefficient (Wildman–Crippen LogP) is 3.57. The van der Waals surface area contributed by atoms with Crippen molar-refractivity contribution in [3.63, 3.8) is 0 Å². The Labute approximate surface area is 118 Å². The molecule has 0 saturated carbocycles. The third-order valence-corrected chi connectivity index (χ3v) is 4.24. The predicted molar refractivity (Wildman–Crippen MR) is 82.5 cm³/mol. The number of hydrogen-bond acceptors (Lipinski definition) is 2. The van der Waals surface area contributed by atoms with Gasteiger partial charge in [0.1, 0.15) is 0 Å². The first-order chi connectivity index (χ1) is 9.16. The molecule has 3 unspecified atom stereocenters. The van der Waals surface area contributed by atoms with E-state index in [1.807, 2.05) is 0 Å². The summed E-state index contributed by atoms with van der Waals surface area (Å²) >= 11 is 0. The summed E-state index contributed by atoms with van der Waals surface area (Å²) in [5, 5.41) is 7.38. The molecule has 0 aliphatic carbocycles. The van der Waals surface area contributed by atoms with Gasteiger partial charge in [0, 0.05) is 18.1 Å². The van der Waals surface area contributed by atoms with Gasteiger partial charge in [-0.05, 0) is 57.7 Å². The lowest BCUT2D eigenvalue weighted by atomic mass is 9.97. The van der Waals surface area contributed by atoms with Crippen molar-refractivity contribution in [1.29, 1.82) is 0 Å². The van der Waals surface area contributed by atoms with Crippen molar-refractivity contribution >= 4 is 0 Å². The Morgan fingerprint density at radius 3 is 2.74 bits per heavy atom. The van der Waals surface area contributed by atoms with Gasteiger partial charge in [0.25, 0.3) is 0 Å². The van der Waals surface area contributed by atoms with E-state index in [0.717, 1.165) is 0 Å². The zero-order valence-corrected chi connectivity index (χ0v) is 12.6. The van der Waals surface area contributed by atoms with Gasteiger partial charge in [-0.2, -0.15) is 0 Å². The van der Waals surface area contributed by atoms with Crippen LogP contribution in [0.15, 0.2) is 24.3 Å². The molecule has 0 bridgehead atoms. The van der Waals surface area contributed by atoms with Crippen molar-refractivity contribution in [2.24, 2.45) is 0 Å². The van der Waals surface area contributed by atoms with Gasteiger partial charge in [-0.25, -0.2) is 0 Å². The molecule has 3 atom stereocenters. The Morgan fingerprint density at radius 1 is 1.26 bits per heavy atom. The van der Waals surface area contributed by atoms with E-state index in [9.17, 15) is 0 Å². The maximum atomic E-state index is 3.74. The Morgan fingerprint density at radius 2 is 2.05 bits per heavy atom. The minimum absolute atomic E-state index is 0.430. The Kier molecular flexibility index (Phi) is 5.41. The smallest absolute Gasteiger partial charge is 0.0296 e. The molecule has 0 amide bonds. The van der Waals surface area contributed by atoms with E-state index >= 15 is 0 Å².